The number of rotatable bonds is 34. The molecule has 0 amide bonds. The van der Waals surface area contributed by atoms with Crippen LogP contribution in [0.4, 0.5) is 0 Å². The lowest BCUT2D eigenvalue weighted by molar-refractivity contribution is -0.305. The van der Waals surface area contributed by atoms with Crippen LogP contribution < -0.4 is 0 Å². The summed E-state index contributed by atoms with van der Waals surface area (Å²) in [5.74, 6) is -0.806. The molecule has 6 atom stereocenters. The van der Waals surface area contributed by atoms with E-state index in [2.05, 4.69) is 13.8 Å². The quantitative estimate of drug-likeness (QED) is 0.0383. The number of hydrogen-bond acceptors (Lipinski definition) is 10. The Morgan fingerprint density at radius 3 is 1.36 bits per heavy atom. The van der Waals surface area contributed by atoms with E-state index < -0.39 is 49.4 Å². The molecule has 10 nitrogen and oxygen atoms in total. The molecule has 1 saturated heterocycles. The van der Waals surface area contributed by atoms with Gasteiger partial charge in [-0.2, -0.15) is 0 Å². The first-order valence-electron chi connectivity index (χ1n) is 20.6. The second-order valence-electron chi connectivity index (χ2n) is 14.5. The average Bonchev–Trinajstić information content (AvgIpc) is 3.11. The van der Waals surface area contributed by atoms with Crippen molar-refractivity contribution in [2.24, 2.45) is 0 Å². The van der Waals surface area contributed by atoms with E-state index in [1.165, 1.54) is 103 Å². The number of carbonyl (C=O) groups is 2. The molecule has 10 heteroatoms. The number of carbonyl (C=O) groups excluding carboxylic acids is 2. The maximum absolute atomic E-state index is 12.7. The van der Waals surface area contributed by atoms with Crippen molar-refractivity contribution in [3.8, 4) is 0 Å². The zero-order valence-electron chi connectivity index (χ0n) is 31.9. The third kappa shape index (κ3) is 24.0. The fraction of sp³-hybridized carbons (Fsp3) is 0.950. The lowest BCUT2D eigenvalue weighted by atomic mass is 9.99. The van der Waals surface area contributed by atoms with Crippen LogP contribution >= 0.6 is 0 Å². The van der Waals surface area contributed by atoms with Gasteiger partial charge in [0.1, 0.15) is 31.0 Å². The number of unbranched alkanes of at least 4 members (excludes halogenated alkanes) is 23. The fourth-order valence-corrected chi connectivity index (χ4v) is 6.42. The molecule has 0 aromatic heterocycles. The zero-order valence-corrected chi connectivity index (χ0v) is 31.9. The van der Waals surface area contributed by atoms with E-state index in [1.54, 1.807) is 0 Å². The molecule has 296 valence electrons. The van der Waals surface area contributed by atoms with Gasteiger partial charge in [-0.25, -0.2) is 0 Å². The molecular weight excluding hydrogens is 640 g/mol. The maximum atomic E-state index is 12.7. The summed E-state index contributed by atoms with van der Waals surface area (Å²) in [4.78, 5) is 25.0. The molecule has 1 heterocycles. The van der Waals surface area contributed by atoms with Gasteiger partial charge in [0.25, 0.3) is 0 Å². The molecular formula is C40H76O10. The molecule has 1 fully saturated rings. The van der Waals surface area contributed by atoms with Gasteiger partial charge in [0.15, 0.2) is 12.4 Å². The van der Waals surface area contributed by atoms with Crippen LogP contribution in [-0.4, -0.2) is 89.0 Å². The minimum absolute atomic E-state index is 0.211. The minimum Gasteiger partial charge on any atom is -0.462 e. The van der Waals surface area contributed by atoms with Crippen molar-refractivity contribution < 1.29 is 49.0 Å². The second-order valence-corrected chi connectivity index (χ2v) is 14.5. The van der Waals surface area contributed by atoms with Crippen LogP contribution in [0.15, 0.2) is 0 Å². The van der Waals surface area contributed by atoms with E-state index in [9.17, 15) is 30.0 Å². The van der Waals surface area contributed by atoms with Crippen molar-refractivity contribution in [3.63, 3.8) is 0 Å². The summed E-state index contributed by atoms with van der Waals surface area (Å²) >= 11 is 0. The zero-order chi connectivity index (χ0) is 36.7. The van der Waals surface area contributed by atoms with E-state index in [1.807, 2.05) is 0 Å². The van der Waals surface area contributed by atoms with E-state index >= 15 is 0 Å². The number of hydrogen-bond donors (Lipinski definition) is 4. The Morgan fingerprint density at radius 2 is 0.940 bits per heavy atom. The lowest BCUT2D eigenvalue weighted by Crippen LogP contribution is -2.59. The molecule has 1 rings (SSSR count). The normalized spacial score (nSPS) is 21.3. The van der Waals surface area contributed by atoms with Crippen molar-refractivity contribution >= 4 is 11.9 Å². The molecule has 0 aromatic rings. The van der Waals surface area contributed by atoms with Crippen molar-refractivity contribution in [2.45, 2.75) is 224 Å². The van der Waals surface area contributed by atoms with E-state index in [-0.39, 0.29) is 32.0 Å². The molecule has 0 aliphatic carbocycles. The molecule has 0 spiro atoms. The monoisotopic (exact) mass is 717 g/mol. The first-order valence-corrected chi connectivity index (χ1v) is 20.6. The van der Waals surface area contributed by atoms with Gasteiger partial charge in [-0.15, -0.1) is 0 Å². The standard InChI is InChI=1S/C40H76O10/c1-3-5-7-9-11-12-13-14-15-16-17-18-19-20-21-22-23-25-27-29-36(43)49-33(31-47-35(42)28-26-24-10-8-6-4-2)32-48-40-39(46)38(45)37(44)34(30-41)50-40/h33-34,37-41,44-46H,3-32H2,1-2H3. The van der Waals surface area contributed by atoms with Crippen LogP contribution in [0.5, 0.6) is 0 Å². The number of esters is 2. The molecule has 1 aliphatic rings. The number of aliphatic hydroxyl groups excluding tert-OH is 4. The lowest BCUT2D eigenvalue weighted by Gasteiger charge is -2.39. The Balaban J connectivity index is 2.26. The van der Waals surface area contributed by atoms with Gasteiger partial charge in [-0.3, -0.25) is 9.59 Å². The average molecular weight is 717 g/mol. The molecule has 4 N–H and O–H groups in total. The van der Waals surface area contributed by atoms with E-state index in [4.69, 9.17) is 18.9 Å². The summed E-state index contributed by atoms with van der Waals surface area (Å²) in [5.41, 5.74) is 0. The van der Waals surface area contributed by atoms with Gasteiger partial charge < -0.3 is 39.4 Å². The highest BCUT2D eigenvalue weighted by Crippen LogP contribution is 2.23. The number of ether oxygens (including phenoxy) is 4. The van der Waals surface area contributed by atoms with Crippen molar-refractivity contribution in [1.82, 2.24) is 0 Å². The summed E-state index contributed by atoms with van der Waals surface area (Å²) in [5, 5.41) is 39.8. The summed E-state index contributed by atoms with van der Waals surface area (Å²) in [6.45, 7) is 3.36. The molecule has 50 heavy (non-hydrogen) atoms. The predicted molar refractivity (Wildman–Crippen MR) is 197 cm³/mol. The third-order valence-electron chi connectivity index (χ3n) is 9.74. The van der Waals surface area contributed by atoms with Crippen LogP contribution in [0, 0.1) is 0 Å². The summed E-state index contributed by atoms with van der Waals surface area (Å²) in [6, 6.07) is 0. The number of aliphatic hydroxyl groups is 4. The molecule has 6 unspecified atom stereocenters. The van der Waals surface area contributed by atoms with Crippen LogP contribution in [0.25, 0.3) is 0 Å². The van der Waals surface area contributed by atoms with Gasteiger partial charge in [0, 0.05) is 12.8 Å². The highest BCUT2D eigenvalue weighted by Gasteiger charge is 2.44. The van der Waals surface area contributed by atoms with Crippen molar-refractivity contribution in [1.29, 1.82) is 0 Å². The van der Waals surface area contributed by atoms with Crippen molar-refractivity contribution in [3.05, 3.63) is 0 Å². The Hall–Kier alpha value is -1.30. The molecule has 0 bridgehead atoms. The molecule has 0 saturated carbocycles. The first-order chi connectivity index (χ1) is 24.3. The molecule has 1 aliphatic heterocycles. The van der Waals surface area contributed by atoms with Crippen LogP contribution in [0.1, 0.15) is 187 Å². The van der Waals surface area contributed by atoms with Gasteiger partial charge in [0.2, 0.25) is 0 Å². The molecule has 0 radical (unpaired) electrons. The highest BCUT2D eigenvalue weighted by molar-refractivity contribution is 5.70. The van der Waals surface area contributed by atoms with E-state index in [0.717, 1.165) is 51.4 Å². The maximum Gasteiger partial charge on any atom is 0.306 e. The van der Waals surface area contributed by atoms with Crippen LogP contribution in [-0.2, 0) is 28.5 Å². The Bertz CT molecular complexity index is 794. The predicted octanol–water partition coefficient (Wildman–Crippen LogP) is 7.83. The van der Waals surface area contributed by atoms with Gasteiger partial charge >= 0.3 is 11.9 Å². The van der Waals surface area contributed by atoms with Crippen LogP contribution in [0.2, 0.25) is 0 Å². The summed E-state index contributed by atoms with van der Waals surface area (Å²) < 4.78 is 22.0. The smallest absolute Gasteiger partial charge is 0.306 e. The minimum atomic E-state index is -1.59. The Morgan fingerprint density at radius 1 is 0.540 bits per heavy atom. The summed E-state index contributed by atoms with van der Waals surface area (Å²) in [7, 11) is 0. The SMILES string of the molecule is CCCCCCCCCCCCCCCCCCCCCC(=O)OC(COC(=O)CCCCCCCC)COC1OC(CO)C(O)C(O)C1O. The first kappa shape index (κ1) is 46.7. The third-order valence-corrected chi connectivity index (χ3v) is 9.74. The van der Waals surface area contributed by atoms with Gasteiger partial charge in [0.05, 0.1) is 13.2 Å². The Labute approximate surface area is 304 Å². The fourth-order valence-electron chi connectivity index (χ4n) is 6.42. The highest BCUT2D eigenvalue weighted by atomic mass is 16.7. The van der Waals surface area contributed by atoms with Gasteiger partial charge in [-0.05, 0) is 12.8 Å². The molecule has 0 aromatic carbocycles. The van der Waals surface area contributed by atoms with Crippen molar-refractivity contribution in [2.75, 3.05) is 19.8 Å². The Kier molecular flexibility index (Phi) is 30.2. The second kappa shape index (κ2) is 32.4. The van der Waals surface area contributed by atoms with Gasteiger partial charge in [-0.1, -0.05) is 162 Å². The largest absolute Gasteiger partial charge is 0.462 e. The van der Waals surface area contributed by atoms with Crippen LogP contribution in [0.3, 0.4) is 0 Å². The topological polar surface area (TPSA) is 152 Å². The van der Waals surface area contributed by atoms with E-state index in [0.29, 0.717) is 6.42 Å². The summed E-state index contributed by atoms with van der Waals surface area (Å²) in [6.07, 6.45) is 22.9.